The number of ether oxygens (including phenoxy) is 2. The molecule has 2 aromatic rings. The molecule has 0 aromatic heterocycles. The van der Waals surface area contributed by atoms with Crippen LogP contribution in [0.4, 0.5) is 8.78 Å². The van der Waals surface area contributed by atoms with Crippen molar-refractivity contribution in [2.75, 3.05) is 6.61 Å². The monoisotopic (exact) mass is 412 g/mol. The second-order valence-electron chi connectivity index (χ2n) is 4.88. The summed E-state index contributed by atoms with van der Waals surface area (Å²) in [5.74, 6) is 0.130. The van der Waals surface area contributed by atoms with Crippen LogP contribution in [0.1, 0.15) is 12.5 Å². The first-order valence-corrected chi connectivity index (χ1v) is 8.00. The molecule has 2 aromatic carbocycles. The molecule has 0 bridgehead atoms. The van der Waals surface area contributed by atoms with E-state index in [0.717, 1.165) is 4.47 Å². The lowest BCUT2D eigenvalue weighted by atomic mass is 10.1. The Balaban J connectivity index is 1.89. The SMILES string of the molecule is C/C(=N/NC(=O)COc1ccc(Br)cc1)c1cccc(OC(F)F)c1. The number of nitrogens with one attached hydrogen (secondary N) is 1. The molecule has 5 nitrogen and oxygen atoms in total. The molecule has 0 atom stereocenters. The quantitative estimate of drug-likeness (QED) is 0.552. The lowest BCUT2D eigenvalue weighted by Gasteiger charge is -2.07. The second-order valence-corrected chi connectivity index (χ2v) is 5.80. The van der Waals surface area contributed by atoms with E-state index in [0.29, 0.717) is 17.0 Å². The minimum Gasteiger partial charge on any atom is -0.484 e. The zero-order chi connectivity index (χ0) is 18.2. The van der Waals surface area contributed by atoms with Crippen molar-refractivity contribution in [2.45, 2.75) is 13.5 Å². The molecule has 1 amide bonds. The molecule has 0 aliphatic rings. The molecule has 0 heterocycles. The standard InChI is InChI=1S/C17H15BrF2N2O3/c1-11(12-3-2-4-15(9-12)25-17(19)20)21-22-16(23)10-24-14-7-5-13(18)6-8-14/h2-9,17H,10H2,1H3,(H,22,23)/b21-11-. The fraction of sp³-hybridized carbons (Fsp3) is 0.176. The first-order valence-electron chi connectivity index (χ1n) is 7.21. The van der Waals surface area contributed by atoms with Gasteiger partial charge in [0.15, 0.2) is 6.61 Å². The predicted molar refractivity (Wildman–Crippen MR) is 93.1 cm³/mol. The molecule has 1 N–H and O–H groups in total. The summed E-state index contributed by atoms with van der Waals surface area (Å²) < 4.78 is 35.0. The summed E-state index contributed by atoms with van der Waals surface area (Å²) in [5.41, 5.74) is 3.34. The van der Waals surface area contributed by atoms with Crippen molar-refractivity contribution in [2.24, 2.45) is 5.10 Å². The van der Waals surface area contributed by atoms with Gasteiger partial charge in [-0.3, -0.25) is 4.79 Å². The van der Waals surface area contributed by atoms with E-state index in [1.165, 1.54) is 12.1 Å². The number of hydrazone groups is 1. The van der Waals surface area contributed by atoms with Gasteiger partial charge in [0.25, 0.3) is 5.91 Å². The van der Waals surface area contributed by atoms with E-state index in [9.17, 15) is 13.6 Å². The molecule has 8 heteroatoms. The normalized spacial score (nSPS) is 11.3. The van der Waals surface area contributed by atoms with Gasteiger partial charge >= 0.3 is 6.61 Å². The molecule has 2 rings (SSSR count). The summed E-state index contributed by atoms with van der Waals surface area (Å²) in [5, 5.41) is 3.93. The minimum atomic E-state index is -2.90. The number of hydrogen-bond donors (Lipinski definition) is 1. The Morgan fingerprint density at radius 1 is 1.20 bits per heavy atom. The van der Waals surface area contributed by atoms with Crippen LogP contribution in [0.25, 0.3) is 0 Å². The molecule has 25 heavy (non-hydrogen) atoms. The van der Waals surface area contributed by atoms with Crippen LogP contribution in [0.5, 0.6) is 11.5 Å². The molecule has 0 saturated heterocycles. The average molecular weight is 413 g/mol. The van der Waals surface area contributed by atoms with Crippen molar-refractivity contribution in [1.29, 1.82) is 0 Å². The molecule has 0 aliphatic carbocycles. The summed E-state index contributed by atoms with van der Waals surface area (Å²) >= 11 is 3.30. The van der Waals surface area contributed by atoms with Gasteiger partial charge in [-0.1, -0.05) is 28.1 Å². The summed E-state index contributed by atoms with van der Waals surface area (Å²) in [6.45, 7) is -1.47. The molecular weight excluding hydrogens is 398 g/mol. The van der Waals surface area contributed by atoms with E-state index in [-0.39, 0.29) is 12.4 Å². The first kappa shape index (κ1) is 18.9. The van der Waals surface area contributed by atoms with Gasteiger partial charge in [-0.25, -0.2) is 5.43 Å². The first-order chi connectivity index (χ1) is 11.9. The van der Waals surface area contributed by atoms with Crippen LogP contribution < -0.4 is 14.9 Å². The van der Waals surface area contributed by atoms with Gasteiger partial charge in [-0.2, -0.15) is 13.9 Å². The molecule has 0 aliphatic heterocycles. The number of alkyl halides is 2. The van der Waals surface area contributed by atoms with E-state index in [1.807, 2.05) is 0 Å². The zero-order valence-corrected chi connectivity index (χ0v) is 14.8. The Morgan fingerprint density at radius 3 is 2.60 bits per heavy atom. The van der Waals surface area contributed by atoms with Gasteiger partial charge in [0.1, 0.15) is 11.5 Å². The van der Waals surface area contributed by atoms with E-state index in [4.69, 9.17) is 4.74 Å². The maximum Gasteiger partial charge on any atom is 0.387 e. The molecule has 132 valence electrons. The minimum absolute atomic E-state index is 0.0203. The highest BCUT2D eigenvalue weighted by atomic mass is 79.9. The molecule has 0 spiro atoms. The Morgan fingerprint density at radius 2 is 1.92 bits per heavy atom. The topological polar surface area (TPSA) is 59.9 Å². The summed E-state index contributed by atoms with van der Waals surface area (Å²) in [6, 6.07) is 13.1. The highest BCUT2D eigenvalue weighted by molar-refractivity contribution is 9.10. The van der Waals surface area contributed by atoms with Crippen molar-refractivity contribution in [3.63, 3.8) is 0 Å². The Kier molecular flexibility index (Phi) is 6.88. The van der Waals surface area contributed by atoms with Crippen LogP contribution >= 0.6 is 15.9 Å². The molecule has 0 fully saturated rings. The van der Waals surface area contributed by atoms with Crippen molar-refractivity contribution < 1.29 is 23.0 Å². The fourth-order valence-corrected chi connectivity index (χ4v) is 2.08. The summed E-state index contributed by atoms with van der Waals surface area (Å²) in [4.78, 5) is 11.8. The zero-order valence-electron chi connectivity index (χ0n) is 13.2. The third-order valence-corrected chi connectivity index (χ3v) is 3.54. The Hall–Kier alpha value is -2.48. The Bertz CT molecular complexity index is 752. The highest BCUT2D eigenvalue weighted by Crippen LogP contribution is 2.17. The molecule has 0 radical (unpaired) electrons. The smallest absolute Gasteiger partial charge is 0.387 e. The largest absolute Gasteiger partial charge is 0.484 e. The van der Waals surface area contributed by atoms with E-state index in [2.05, 4.69) is 31.2 Å². The van der Waals surface area contributed by atoms with Gasteiger partial charge in [0.2, 0.25) is 0 Å². The molecule has 0 saturated carbocycles. The number of carbonyl (C=O) groups is 1. The van der Waals surface area contributed by atoms with Crippen LogP contribution in [0.15, 0.2) is 58.1 Å². The maximum absolute atomic E-state index is 12.2. The van der Waals surface area contributed by atoms with E-state index in [1.54, 1.807) is 43.3 Å². The number of hydrogen-bond acceptors (Lipinski definition) is 4. The number of rotatable bonds is 7. The van der Waals surface area contributed by atoms with Crippen LogP contribution in [0.2, 0.25) is 0 Å². The van der Waals surface area contributed by atoms with E-state index < -0.39 is 12.5 Å². The summed E-state index contributed by atoms with van der Waals surface area (Å²) in [6.07, 6.45) is 0. The molecular formula is C17H15BrF2N2O3. The third-order valence-electron chi connectivity index (χ3n) is 3.01. The number of nitrogens with zero attached hydrogens (tertiary/aromatic N) is 1. The highest BCUT2D eigenvalue weighted by Gasteiger charge is 2.07. The summed E-state index contributed by atoms with van der Waals surface area (Å²) in [7, 11) is 0. The van der Waals surface area contributed by atoms with Crippen molar-refractivity contribution in [3.8, 4) is 11.5 Å². The maximum atomic E-state index is 12.2. The van der Waals surface area contributed by atoms with Crippen LogP contribution in [-0.4, -0.2) is 24.8 Å². The number of amides is 1. The average Bonchev–Trinajstić information content (AvgIpc) is 2.59. The van der Waals surface area contributed by atoms with Gasteiger partial charge in [-0.15, -0.1) is 0 Å². The van der Waals surface area contributed by atoms with Gasteiger partial charge < -0.3 is 9.47 Å². The van der Waals surface area contributed by atoms with Crippen molar-refractivity contribution >= 4 is 27.5 Å². The van der Waals surface area contributed by atoms with Crippen molar-refractivity contribution in [3.05, 3.63) is 58.6 Å². The lowest BCUT2D eigenvalue weighted by Crippen LogP contribution is -2.25. The fourth-order valence-electron chi connectivity index (χ4n) is 1.82. The van der Waals surface area contributed by atoms with Gasteiger partial charge in [-0.05, 0) is 43.3 Å². The lowest BCUT2D eigenvalue weighted by molar-refractivity contribution is -0.123. The number of benzene rings is 2. The van der Waals surface area contributed by atoms with Gasteiger partial charge in [0.05, 0.1) is 5.71 Å². The van der Waals surface area contributed by atoms with Crippen molar-refractivity contribution in [1.82, 2.24) is 5.43 Å². The number of carbonyl (C=O) groups excluding carboxylic acids is 1. The van der Waals surface area contributed by atoms with Crippen LogP contribution in [0, 0.1) is 0 Å². The van der Waals surface area contributed by atoms with E-state index >= 15 is 0 Å². The molecule has 0 unspecified atom stereocenters. The number of halogens is 3. The third kappa shape index (κ3) is 6.50. The van der Waals surface area contributed by atoms with Crippen LogP contribution in [-0.2, 0) is 4.79 Å². The predicted octanol–water partition coefficient (Wildman–Crippen LogP) is 3.97. The van der Waals surface area contributed by atoms with Gasteiger partial charge in [0, 0.05) is 10.0 Å². The second kappa shape index (κ2) is 9.12. The van der Waals surface area contributed by atoms with Crippen LogP contribution in [0.3, 0.4) is 0 Å². The Labute approximate surface area is 151 Å².